The monoisotopic (exact) mass is 331 g/mol. The number of nitrogens with zero attached hydrogens (tertiary/aromatic N) is 1. The lowest BCUT2D eigenvalue weighted by Crippen LogP contribution is -2.44. The number of hydrogen-bond acceptors (Lipinski definition) is 5. The highest BCUT2D eigenvalue weighted by Gasteiger charge is 2.43. The van der Waals surface area contributed by atoms with E-state index >= 15 is 0 Å². The Morgan fingerprint density at radius 2 is 2.14 bits per heavy atom. The fourth-order valence-electron chi connectivity index (χ4n) is 2.42. The zero-order chi connectivity index (χ0) is 16.5. The molecule has 0 bridgehead atoms. The molecule has 1 saturated heterocycles. The zero-order valence-electron chi connectivity index (χ0n) is 11.3. The van der Waals surface area contributed by atoms with E-state index in [2.05, 4.69) is 0 Å². The Balaban J connectivity index is 2.22. The van der Waals surface area contributed by atoms with Crippen LogP contribution in [0.15, 0.2) is 24.3 Å². The summed E-state index contributed by atoms with van der Waals surface area (Å²) >= 11 is 0. The van der Waals surface area contributed by atoms with Crippen LogP contribution in [0.25, 0.3) is 0 Å². The molecule has 9 heteroatoms. The average Bonchev–Trinajstić information content (AvgIpc) is 2.77. The van der Waals surface area contributed by atoms with Crippen molar-refractivity contribution in [1.29, 1.82) is 0 Å². The topological polar surface area (TPSA) is 112 Å². The quantitative estimate of drug-likeness (QED) is 0.750. The number of carboxylic acids is 1. The summed E-state index contributed by atoms with van der Waals surface area (Å²) in [6, 6.07) is 4.52. The second kappa shape index (κ2) is 5.91. The average molecular weight is 331 g/mol. The van der Waals surface area contributed by atoms with Crippen LogP contribution < -0.4 is 0 Å². The van der Waals surface area contributed by atoms with Crippen molar-refractivity contribution in [2.75, 3.05) is 6.54 Å². The second-order valence-corrected chi connectivity index (χ2v) is 6.69. The minimum Gasteiger partial charge on any atom is -0.508 e. The number of benzene rings is 1. The predicted molar refractivity (Wildman–Crippen MR) is 73.4 cm³/mol. The van der Waals surface area contributed by atoms with Crippen LogP contribution in [0.2, 0.25) is 0 Å². The Morgan fingerprint density at radius 3 is 2.64 bits per heavy atom. The van der Waals surface area contributed by atoms with Gasteiger partial charge in [-0.05, 0) is 17.7 Å². The van der Waals surface area contributed by atoms with Crippen LogP contribution in [-0.4, -0.2) is 53.2 Å². The van der Waals surface area contributed by atoms with Gasteiger partial charge in [0.1, 0.15) is 17.0 Å². The van der Waals surface area contributed by atoms with E-state index in [0.717, 1.165) is 4.90 Å². The van der Waals surface area contributed by atoms with E-state index in [0.29, 0.717) is 5.56 Å². The number of aliphatic carboxylic acids is 1. The molecule has 2 atom stereocenters. The van der Waals surface area contributed by atoms with Gasteiger partial charge in [0.2, 0.25) is 5.91 Å². The van der Waals surface area contributed by atoms with Gasteiger partial charge in [-0.3, -0.25) is 4.79 Å². The standard InChI is InChI=1S/C13H14FNO6S/c14-22(20,21)10-6-12(17)15(7-10)11(13(18)19)5-8-2-1-3-9(16)4-8/h1-4,10-11,16H,5-7H2,(H,18,19). The van der Waals surface area contributed by atoms with Crippen LogP contribution >= 0.6 is 0 Å². The molecule has 2 N–H and O–H groups in total. The van der Waals surface area contributed by atoms with E-state index in [1.807, 2.05) is 0 Å². The first-order valence-electron chi connectivity index (χ1n) is 6.42. The molecule has 0 aromatic heterocycles. The molecule has 120 valence electrons. The Hall–Kier alpha value is -2.16. The Morgan fingerprint density at radius 1 is 1.45 bits per heavy atom. The molecule has 1 heterocycles. The number of halogens is 1. The van der Waals surface area contributed by atoms with Gasteiger partial charge in [-0.25, -0.2) is 4.79 Å². The van der Waals surface area contributed by atoms with Crippen LogP contribution in [0, 0.1) is 0 Å². The number of amides is 1. The molecular weight excluding hydrogens is 317 g/mol. The Bertz CT molecular complexity index is 704. The summed E-state index contributed by atoms with van der Waals surface area (Å²) in [5.74, 6) is -2.11. The highest BCUT2D eigenvalue weighted by molar-refractivity contribution is 7.87. The van der Waals surface area contributed by atoms with E-state index < -0.39 is 46.4 Å². The maximum atomic E-state index is 13.0. The van der Waals surface area contributed by atoms with Crippen molar-refractivity contribution < 1.29 is 32.1 Å². The van der Waals surface area contributed by atoms with E-state index in [1.54, 1.807) is 6.07 Å². The van der Waals surface area contributed by atoms with Crippen LogP contribution in [0.4, 0.5) is 3.89 Å². The number of carbonyl (C=O) groups is 2. The molecule has 0 spiro atoms. The first-order valence-corrected chi connectivity index (χ1v) is 7.87. The minimum absolute atomic E-state index is 0.0569. The lowest BCUT2D eigenvalue weighted by atomic mass is 10.0. The lowest BCUT2D eigenvalue weighted by molar-refractivity contribution is -0.148. The summed E-state index contributed by atoms with van der Waals surface area (Å²) in [4.78, 5) is 24.0. The molecule has 22 heavy (non-hydrogen) atoms. The van der Waals surface area contributed by atoms with Crippen molar-refractivity contribution in [3.8, 4) is 5.75 Å². The van der Waals surface area contributed by atoms with E-state index in [9.17, 15) is 32.1 Å². The number of rotatable bonds is 5. The third kappa shape index (κ3) is 3.53. The van der Waals surface area contributed by atoms with Gasteiger partial charge >= 0.3 is 16.2 Å². The number of phenols is 1. The summed E-state index contributed by atoms with van der Waals surface area (Å²) in [6.45, 7) is -0.493. The molecule has 1 aromatic carbocycles. The molecule has 0 aliphatic carbocycles. The van der Waals surface area contributed by atoms with Crippen molar-refractivity contribution in [3.05, 3.63) is 29.8 Å². The first kappa shape index (κ1) is 16.2. The van der Waals surface area contributed by atoms with Gasteiger partial charge in [0.15, 0.2) is 0 Å². The second-order valence-electron chi connectivity index (χ2n) is 5.08. The van der Waals surface area contributed by atoms with Gasteiger partial charge < -0.3 is 15.1 Å². The van der Waals surface area contributed by atoms with Crippen LogP contribution in [-0.2, 0) is 26.2 Å². The summed E-state index contributed by atoms with van der Waals surface area (Å²) in [5, 5.41) is 17.1. The fraction of sp³-hybridized carbons (Fsp3) is 0.385. The zero-order valence-corrected chi connectivity index (χ0v) is 12.2. The molecule has 2 rings (SSSR count). The number of carboxylic acid groups (broad SMARTS) is 1. The van der Waals surface area contributed by atoms with Crippen molar-refractivity contribution in [2.45, 2.75) is 24.1 Å². The Labute approximate surface area is 126 Å². The number of hydrogen-bond donors (Lipinski definition) is 2. The SMILES string of the molecule is O=C(O)C(Cc1cccc(O)c1)N1CC(S(=O)(=O)F)CC1=O. The highest BCUT2D eigenvalue weighted by Crippen LogP contribution is 2.24. The molecule has 1 aromatic rings. The van der Waals surface area contributed by atoms with Crippen molar-refractivity contribution in [1.82, 2.24) is 4.90 Å². The third-order valence-corrected chi connectivity index (χ3v) is 4.63. The smallest absolute Gasteiger partial charge is 0.326 e. The van der Waals surface area contributed by atoms with Gasteiger partial charge in [-0.2, -0.15) is 8.42 Å². The van der Waals surface area contributed by atoms with E-state index in [1.165, 1.54) is 18.2 Å². The highest BCUT2D eigenvalue weighted by atomic mass is 32.3. The normalized spacial score (nSPS) is 20.1. The minimum atomic E-state index is -4.90. The van der Waals surface area contributed by atoms with Crippen LogP contribution in [0.1, 0.15) is 12.0 Å². The summed E-state index contributed by atoms with van der Waals surface area (Å²) < 4.78 is 34.8. The van der Waals surface area contributed by atoms with Crippen LogP contribution in [0.3, 0.4) is 0 Å². The van der Waals surface area contributed by atoms with Crippen molar-refractivity contribution in [2.24, 2.45) is 0 Å². The van der Waals surface area contributed by atoms with E-state index in [-0.39, 0.29) is 12.2 Å². The molecule has 2 unspecified atom stereocenters. The first-order chi connectivity index (χ1) is 10.2. The van der Waals surface area contributed by atoms with Crippen molar-refractivity contribution >= 4 is 22.1 Å². The molecule has 1 aliphatic heterocycles. The van der Waals surface area contributed by atoms with Gasteiger partial charge in [0.05, 0.1) is 0 Å². The maximum absolute atomic E-state index is 13.0. The number of likely N-dealkylation sites (tertiary alicyclic amines) is 1. The van der Waals surface area contributed by atoms with Gasteiger partial charge in [-0.1, -0.05) is 12.1 Å². The van der Waals surface area contributed by atoms with Crippen LogP contribution in [0.5, 0.6) is 5.75 Å². The van der Waals surface area contributed by atoms with Gasteiger partial charge in [-0.15, -0.1) is 3.89 Å². The van der Waals surface area contributed by atoms with Gasteiger partial charge in [0, 0.05) is 19.4 Å². The molecule has 0 radical (unpaired) electrons. The summed E-state index contributed by atoms with van der Waals surface area (Å²) in [5.41, 5.74) is 0.465. The van der Waals surface area contributed by atoms with Gasteiger partial charge in [0.25, 0.3) is 0 Å². The Kier molecular flexibility index (Phi) is 4.36. The largest absolute Gasteiger partial charge is 0.508 e. The molecular formula is C13H14FNO6S. The predicted octanol–water partition coefficient (Wildman–Crippen LogP) is 0.288. The molecule has 1 aliphatic rings. The summed E-state index contributed by atoms with van der Waals surface area (Å²) in [6.07, 6.45) is -0.683. The summed E-state index contributed by atoms with van der Waals surface area (Å²) in [7, 11) is -4.90. The molecule has 7 nitrogen and oxygen atoms in total. The number of carbonyl (C=O) groups excluding carboxylic acids is 1. The number of aromatic hydroxyl groups is 1. The molecule has 1 amide bonds. The number of phenolic OH excluding ortho intramolecular Hbond substituents is 1. The third-order valence-electron chi connectivity index (χ3n) is 3.52. The maximum Gasteiger partial charge on any atom is 0.326 e. The fourth-order valence-corrected chi connectivity index (χ4v) is 3.11. The lowest BCUT2D eigenvalue weighted by Gasteiger charge is -2.24. The van der Waals surface area contributed by atoms with Crippen molar-refractivity contribution in [3.63, 3.8) is 0 Å². The molecule has 1 fully saturated rings. The van der Waals surface area contributed by atoms with E-state index in [4.69, 9.17) is 0 Å². The molecule has 0 saturated carbocycles.